The van der Waals surface area contributed by atoms with Crippen LogP contribution < -0.4 is 5.32 Å². The summed E-state index contributed by atoms with van der Waals surface area (Å²) >= 11 is 0. The number of nitrogens with one attached hydrogen (secondary N) is 1. The number of hydrogen-bond donors (Lipinski definition) is 1. The van der Waals surface area contributed by atoms with E-state index in [4.69, 9.17) is 4.74 Å². The molecular formula is C18H36N2O. The van der Waals surface area contributed by atoms with Crippen LogP contribution in [-0.2, 0) is 4.74 Å². The molecule has 3 unspecified atom stereocenters. The third-order valence-corrected chi connectivity index (χ3v) is 5.10. The van der Waals surface area contributed by atoms with Gasteiger partial charge in [0.1, 0.15) is 0 Å². The largest absolute Gasteiger partial charge is 0.372 e. The van der Waals surface area contributed by atoms with Gasteiger partial charge >= 0.3 is 0 Å². The second-order valence-corrected chi connectivity index (χ2v) is 7.52. The van der Waals surface area contributed by atoms with E-state index in [2.05, 4.69) is 31.0 Å². The average molecular weight is 296 g/mol. The molecule has 3 atom stereocenters. The molecule has 1 N–H and O–H groups in total. The highest BCUT2D eigenvalue weighted by Crippen LogP contribution is 2.24. The molecule has 0 aromatic carbocycles. The number of likely N-dealkylation sites (tertiary alicyclic amines) is 1. The van der Waals surface area contributed by atoms with Crippen molar-refractivity contribution in [2.75, 3.05) is 32.7 Å². The molecule has 2 aliphatic heterocycles. The van der Waals surface area contributed by atoms with E-state index in [-0.39, 0.29) is 0 Å². The van der Waals surface area contributed by atoms with Gasteiger partial charge in [-0.3, -0.25) is 0 Å². The van der Waals surface area contributed by atoms with Crippen LogP contribution in [0.1, 0.15) is 59.3 Å². The van der Waals surface area contributed by atoms with Crippen LogP contribution in [0.5, 0.6) is 0 Å². The number of rotatable bonds is 7. The minimum Gasteiger partial charge on any atom is -0.372 e. The summed E-state index contributed by atoms with van der Waals surface area (Å²) in [5.41, 5.74) is 0. The zero-order valence-electron chi connectivity index (χ0n) is 14.4. The molecule has 2 rings (SSSR count). The zero-order valence-corrected chi connectivity index (χ0v) is 14.4. The Labute approximate surface area is 131 Å². The van der Waals surface area contributed by atoms with Crippen molar-refractivity contribution in [3.63, 3.8) is 0 Å². The van der Waals surface area contributed by atoms with E-state index in [1.54, 1.807) is 0 Å². The zero-order chi connectivity index (χ0) is 15.1. The van der Waals surface area contributed by atoms with Crippen molar-refractivity contribution in [2.24, 2.45) is 11.8 Å². The molecule has 0 spiro atoms. The van der Waals surface area contributed by atoms with Crippen LogP contribution in [0.4, 0.5) is 0 Å². The fourth-order valence-electron chi connectivity index (χ4n) is 3.70. The van der Waals surface area contributed by atoms with E-state index in [1.807, 2.05) is 0 Å². The normalized spacial score (nSPS) is 31.7. The molecule has 0 radical (unpaired) electrons. The molecule has 2 saturated heterocycles. The highest BCUT2D eigenvalue weighted by molar-refractivity contribution is 4.79. The van der Waals surface area contributed by atoms with Crippen LogP contribution in [0.2, 0.25) is 0 Å². The first kappa shape index (κ1) is 17.2. The van der Waals surface area contributed by atoms with Crippen LogP contribution >= 0.6 is 0 Å². The number of ether oxygens (including phenoxy) is 1. The Bertz CT molecular complexity index is 282. The van der Waals surface area contributed by atoms with Crippen LogP contribution in [0, 0.1) is 11.8 Å². The third-order valence-electron chi connectivity index (χ3n) is 5.10. The Balaban J connectivity index is 1.63. The Hall–Kier alpha value is -0.120. The molecule has 0 bridgehead atoms. The van der Waals surface area contributed by atoms with E-state index in [1.165, 1.54) is 51.6 Å². The van der Waals surface area contributed by atoms with Gasteiger partial charge < -0.3 is 15.0 Å². The predicted octanol–water partition coefficient (Wildman–Crippen LogP) is 3.29. The quantitative estimate of drug-likeness (QED) is 0.780. The minimum atomic E-state index is 0.448. The Morgan fingerprint density at radius 2 is 1.90 bits per heavy atom. The van der Waals surface area contributed by atoms with Crippen LogP contribution in [0.25, 0.3) is 0 Å². The number of hydrogen-bond acceptors (Lipinski definition) is 3. The van der Waals surface area contributed by atoms with Gasteiger partial charge in [-0.25, -0.2) is 0 Å². The van der Waals surface area contributed by atoms with Crippen molar-refractivity contribution in [3.05, 3.63) is 0 Å². The maximum absolute atomic E-state index is 6.24. The molecule has 0 saturated carbocycles. The van der Waals surface area contributed by atoms with Crippen molar-refractivity contribution in [1.29, 1.82) is 0 Å². The maximum Gasteiger partial charge on any atom is 0.0707 e. The van der Waals surface area contributed by atoms with Crippen molar-refractivity contribution >= 4 is 0 Å². The van der Waals surface area contributed by atoms with Gasteiger partial charge in [0.25, 0.3) is 0 Å². The van der Waals surface area contributed by atoms with E-state index in [0.29, 0.717) is 12.2 Å². The van der Waals surface area contributed by atoms with Gasteiger partial charge in [-0.05, 0) is 63.6 Å². The first-order valence-electron chi connectivity index (χ1n) is 9.25. The van der Waals surface area contributed by atoms with Crippen molar-refractivity contribution < 1.29 is 4.74 Å². The summed E-state index contributed by atoms with van der Waals surface area (Å²) in [7, 11) is 0. The summed E-state index contributed by atoms with van der Waals surface area (Å²) in [5, 5.41) is 3.54. The van der Waals surface area contributed by atoms with Crippen molar-refractivity contribution in [1.82, 2.24) is 10.2 Å². The number of nitrogens with zero attached hydrogens (tertiary/aromatic N) is 1. The van der Waals surface area contributed by atoms with Gasteiger partial charge in [-0.1, -0.05) is 27.2 Å². The lowest BCUT2D eigenvalue weighted by Crippen LogP contribution is -2.35. The lowest BCUT2D eigenvalue weighted by atomic mass is 9.98. The van der Waals surface area contributed by atoms with Crippen molar-refractivity contribution in [2.45, 2.75) is 71.5 Å². The Morgan fingerprint density at radius 1 is 1.10 bits per heavy atom. The molecule has 0 amide bonds. The molecule has 3 nitrogen and oxygen atoms in total. The smallest absolute Gasteiger partial charge is 0.0707 e. The van der Waals surface area contributed by atoms with Gasteiger partial charge in [0.2, 0.25) is 0 Å². The summed E-state index contributed by atoms with van der Waals surface area (Å²) in [6, 6.07) is 0. The van der Waals surface area contributed by atoms with Crippen LogP contribution in [-0.4, -0.2) is 49.8 Å². The average Bonchev–Trinajstić information content (AvgIpc) is 2.76. The lowest BCUT2D eigenvalue weighted by molar-refractivity contribution is 0.0236. The molecule has 0 aromatic heterocycles. The summed E-state index contributed by atoms with van der Waals surface area (Å²) in [6.07, 6.45) is 8.98. The summed E-state index contributed by atoms with van der Waals surface area (Å²) in [6.45, 7) is 12.7. The molecule has 0 aromatic rings. The van der Waals surface area contributed by atoms with Crippen molar-refractivity contribution in [3.8, 4) is 0 Å². The molecule has 2 aliphatic rings. The van der Waals surface area contributed by atoms with E-state index in [9.17, 15) is 0 Å². The van der Waals surface area contributed by atoms with Crippen LogP contribution in [0.15, 0.2) is 0 Å². The third kappa shape index (κ3) is 6.25. The van der Waals surface area contributed by atoms with Gasteiger partial charge in [0, 0.05) is 13.1 Å². The van der Waals surface area contributed by atoms with Gasteiger partial charge in [-0.2, -0.15) is 0 Å². The molecule has 2 heterocycles. The SMILES string of the molecule is CCC1CCCN(CC2CCC(CNCC(C)C)O2)CC1. The van der Waals surface area contributed by atoms with Gasteiger partial charge in [-0.15, -0.1) is 0 Å². The van der Waals surface area contributed by atoms with Gasteiger partial charge in [0.05, 0.1) is 12.2 Å². The maximum atomic E-state index is 6.24. The highest BCUT2D eigenvalue weighted by Gasteiger charge is 2.27. The fraction of sp³-hybridized carbons (Fsp3) is 1.00. The molecule has 124 valence electrons. The van der Waals surface area contributed by atoms with E-state index >= 15 is 0 Å². The lowest BCUT2D eigenvalue weighted by Gasteiger charge is -2.24. The topological polar surface area (TPSA) is 24.5 Å². The highest BCUT2D eigenvalue weighted by atomic mass is 16.5. The Morgan fingerprint density at radius 3 is 2.67 bits per heavy atom. The fourth-order valence-corrected chi connectivity index (χ4v) is 3.70. The van der Waals surface area contributed by atoms with E-state index in [0.717, 1.165) is 31.5 Å². The van der Waals surface area contributed by atoms with Gasteiger partial charge in [0.15, 0.2) is 0 Å². The second-order valence-electron chi connectivity index (χ2n) is 7.52. The first-order valence-corrected chi connectivity index (χ1v) is 9.25. The molecule has 3 heteroatoms. The monoisotopic (exact) mass is 296 g/mol. The predicted molar refractivity (Wildman–Crippen MR) is 89.7 cm³/mol. The molecule has 21 heavy (non-hydrogen) atoms. The first-order chi connectivity index (χ1) is 10.2. The molecule has 0 aliphatic carbocycles. The molecule has 2 fully saturated rings. The summed E-state index contributed by atoms with van der Waals surface area (Å²) in [5.74, 6) is 1.69. The molecular weight excluding hydrogens is 260 g/mol. The second kappa shape index (κ2) is 9.12. The standard InChI is InChI=1S/C18H36N2O/c1-4-16-6-5-10-20(11-9-16)14-18-8-7-17(21-18)13-19-12-15(2)3/h15-19H,4-14H2,1-3H3. The van der Waals surface area contributed by atoms with E-state index < -0.39 is 0 Å². The Kier molecular flexibility index (Phi) is 7.48. The summed E-state index contributed by atoms with van der Waals surface area (Å²) in [4.78, 5) is 2.66. The summed E-state index contributed by atoms with van der Waals surface area (Å²) < 4.78 is 6.24. The van der Waals surface area contributed by atoms with Crippen LogP contribution in [0.3, 0.4) is 0 Å². The minimum absolute atomic E-state index is 0.448.